The Balaban J connectivity index is 2.43. The molecule has 0 unspecified atom stereocenters. The van der Waals surface area contributed by atoms with E-state index in [9.17, 15) is 8.42 Å². The minimum atomic E-state index is -3.23. The Kier molecular flexibility index (Phi) is 6.15. The molecule has 0 amide bonds. The zero-order chi connectivity index (χ0) is 13.4. The summed E-state index contributed by atoms with van der Waals surface area (Å²) >= 11 is 0. The van der Waals surface area contributed by atoms with E-state index in [4.69, 9.17) is 0 Å². The van der Waals surface area contributed by atoms with Gasteiger partial charge in [0.1, 0.15) is 0 Å². The van der Waals surface area contributed by atoms with E-state index in [0.29, 0.717) is 12.1 Å². The Hall–Kier alpha value is -1.07. The molecular weight excluding hydrogens is 248 g/mol. The number of benzene rings is 1. The maximum Gasteiger partial charge on any atom is 0.232 e. The van der Waals surface area contributed by atoms with E-state index in [2.05, 4.69) is 17.0 Å². The van der Waals surface area contributed by atoms with Crippen molar-refractivity contribution in [1.82, 2.24) is 5.32 Å². The van der Waals surface area contributed by atoms with E-state index >= 15 is 0 Å². The van der Waals surface area contributed by atoms with E-state index in [1.165, 1.54) is 0 Å². The van der Waals surface area contributed by atoms with Crippen molar-refractivity contribution in [2.75, 3.05) is 23.6 Å². The van der Waals surface area contributed by atoms with Crippen molar-refractivity contribution in [1.29, 1.82) is 0 Å². The molecule has 0 heterocycles. The van der Waals surface area contributed by atoms with Crippen molar-refractivity contribution >= 4 is 15.7 Å². The van der Waals surface area contributed by atoms with Crippen molar-refractivity contribution in [3.05, 3.63) is 29.8 Å². The monoisotopic (exact) mass is 270 g/mol. The molecule has 0 aliphatic carbocycles. The molecule has 0 spiro atoms. The maximum atomic E-state index is 11.8. The SMILES string of the molecule is CCCNCCCS(=O)(=O)Nc1ccccc1C. The maximum absolute atomic E-state index is 11.8. The van der Waals surface area contributed by atoms with Crippen LogP contribution in [0.4, 0.5) is 5.69 Å². The van der Waals surface area contributed by atoms with Crippen LogP contribution in [0.2, 0.25) is 0 Å². The smallest absolute Gasteiger partial charge is 0.232 e. The molecule has 0 aliphatic heterocycles. The first kappa shape index (κ1) is 15.0. The molecule has 102 valence electrons. The van der Waals surface area contributed by atoms with Crippen molar-refractivity contribution in [2.45, 2.75) is 26.7 Å². The molecule has 1 aromatic carbocycles. The number of anilines is 1. The van der Waals surface area contributed by atoms with Gasteiger partial charge in [0.25, 0.3) is 0 Å². The molecule has 5 heteroatoms. The van der Waals surface area contributed by atoms with Gasteiger partial charge in [-0.2, -0.15) is 0 Å². The van der Waals surface area contributed by atoms with Gasteiger partial charge in [0, 0.05) is 0 Å². The Morgan fingerprint density at radius 1 is 1.17 bits per heavy atom. The normalized spacial score (nSPS) is 11.4. The van der Waals surface area contributed by atoms with E-state index in [1.807, 2.05) is 25.1 Å². The van der Waals surface area contributed by atoms with Gasteiger partial charge in [-0.05, 0) is 44.5 Å². The predicted molar refractivity (Wildman–Crippen MR) is 76.4 cm³/mol. The Labute approximate surface area is 110 Å². The fourth-order valence-electron chi connectivity index (χ4n) is 1.59. The summed E-state index contributed by atoms with van der Waals surface area (Å²) in [7, 11) is -3.23. The summed E-state index contributed by atoms with van der Waals surface area (Å²) in [6.45, 7) is 5.65. The summed E-state index contributed by atoms with van der Waals surface area (Å²) < 4.78 is 26.3. The lowest BCUT2D eigenvalue weighted by Gasteiger charge is -2.10. The first-order valence-corrected chi connectivity index (χ1v) is 7.97. The average molecular weight is 270 g/mol. The lowest BCUT2D eigenvalue weighted by molar-refractivity contribution is 0.593. The second-order valence-corrected chi connectivity index (χ2v) is 6.18. The fraction of sp³-hybridized carbons (Fsp3) is 0.538. The topological polar surface area (TPSA) is 58.2 Å². The van der Waals surface area contributed by atoms with Crippen molar-refractivity contribution in [2.24, 2.45) is 0 Å². The Morgan fingerprint density at radius 3 is 2.56 bits per heavy atom. The number of hydrogen-bond acceptors (Lipinski definition) is 3. The van der Waals surface area contributed by atoms with Crippen LogP contribution in [0, 0.1) is 6.92 Å². The van der Waals surface area contributed by atoms with Gasteiger partial charge >= 0.3 is 0 Å². The lowest BCUT2D eigenvalue weighted by atomic mass is 10.2. The zero-order valence-electron chi connectivity index (χ0n) is 11.1. The number of aryl methyl sites for hydroxylation is 1. The van der Waals surface area contributed by atoms with Gasteiger partial charge in [0.2, 0.25) is 10.0 Å². The summed E-state index contributed by atoms with van der Waals surface area (Å²) in [6.07, 6.45) is 1.69. The van der Waals surface area contributed by atoms with Gasteiger partial charge < -0.3 is 5.32 Å². The van der Waals surface area contributed by atoms with Crippen LogP contribution >= 0.6 is 0 Å². The molecule has 2 N–H and O–H groups in total. The molecule has 4 nitrogen and oxygen atoms in total. The van der Waals surface area contributed by atoms with Crippen molar-refractivity contribution < 1.29 is 8.42 Å². The summed E-state index contributed by atoms with van der Waals surface area (Å²) in [6, 6.07) is 7.39. The van der Waals surface area contributed by atoms with Gasteiger partial charge in [0.15, 0.2) is 0 Å². The second-order valence-electron chi connectivity index (χ2n) is 4.34. The summed E-state index contributed by atoms with van der Waals surface area (Å²) in [4.78, 5) is 0. The molecule has 0 atom stereocenters. The minimum Gasteiger partial charge on any atom is -0.317 e. The quantitative estimate of drug-likeness (QED) is 0.711. The second kappa shape index (κ2) is 7.38. The molecule has 1 aromatic rings. The van der Waals surface area contributed by atoms with Crippen molar-refractivity contribution in [3.63, 3.8) is 0 Å². The van der Waals surface area contributed by atoms with E-state index in [-0.39, 0.29) is 5.75 Å². The number of sulfonamides is 1. The molecule has 0 radical (unpaired) electrons. The highest BCUT2D eigenvalue weighted by Crippen LogP contribution is 2.15. The zero-order valence-corrected chi connectivity index (χ0v) is 11.9. The molecule has 0 saturated heterocycles. The van der Waals surface area contributed by atoms with Gasteiger partial charge in [-0.15, -0.1) is 0 Å². The van der Waals surface area contributed by atoms with E-state index < -0.39 is 10.0 Å². The van der Waals surface area contributed by atoms with Crippen LogP contribution in [0.3, 0.4) is 0 Å². The number of hydrogen-bond donors (Lipinski definition) is 2. The largest absolute Gasteiger partial charge is 0.317 e. The Morgan fingerprint density at radius 2 is 1.89 bits per heavy atom. The molecule has 0 bridgehead atoms. The molecule has 0 aromatic heterocycles. The van der Waals surface area contributed by atoms with Gasteiger partial charge in [-0.1, -0.05) is 25.1 Å². The van der Waals surface area contributed by atoms with Crippen LogP contribution in [0.1, 0.15) is 25.3 Å². The molecule has 0 fully saturated rings. The molecule has 18 heavy (non-hydrogen) atoms. The summed E-state index contributed by atoms with van der Waals surface area (Å²) in [5, 5.41) is 3.19. The third-order valence-corrected chi connectivity index (χ3v) is 3.96. The number of nitrogens with one attached hydrogen (secondary N) is 2. The van der Waals surface area contributed by atoms with E-state index in [1.54, 1.807) is 6.07 Å². The van der Waals surface area contributed by atoms with Crippen LogP contribution in [-0.2, 0) is 10.0 Å². The molecule has 1 rings (SSSR count). The first-order valence-electron chi connectivity index (χ1n) is 6.32. The third-order valence-electron chi connectivity index (χ3n) is 2.60. The first-order chi connectivity index (χ1) is 8.55. The lowest BCUT2D eigenvalue weighted by Crippen LogP contribution is -2.22. The van der Waals surface area contributed by atoms with E-state index in [0.717, 1.165) is 25.1 Å². The van der Waals surface area contributed by atoms with Gasteiger partial charge in [0.05, 0.1) is 11.4 Å². The standard InChI is InChI=1S/C13H22N2O2S/c1-3-9-14-10-6-11-18(16,17)15-13-8-5-4-7-12(13)2/h4-5,7-8,14-15H,3,6,9-11H2,1-2H3. The number of rotatable bonds is 8. The minimum absolute atomic E-state index is 0.151. The summed E-state index contributed by atoms with van der Waals surface area (Å²) in [5.41, 5.74) is 1.60. The summed E-state index contributed by atoms with van der Waals surface area (Å²) in [5.74, 6) is 0.151. The van der Waals surface area contributed by atoms with Crippen LogP contribution in [0.25, 0.3) is 0 Å². The fourth-order valence-corrected chi connectivity index (χ4v) is 2.79. The molecule has 0 saturated carbocycles. The van der Waals surface area contributed by atoms with Crippen LogP contribution < -0.4 is 10.0 Å². The average Bonchev–Trinajstić information content (AvgIpc) is 2.31. The van der Waals surface area contributed by atoms with Crippen LogP contribution in [0.15, 0.2) is 24.3 Å². The predicted octanol–water partition coefficient (Wildman–Crippen LogP) is 2.13. The van der Waals surface area contributed by atoms with Gasteiger partial charge in [-0.25, -0.2) is 8.42 Å². The Bertz CT molecular complexity index is 458. The number of para-hydroxylation sites is 1. The highest BCUT2D eigenvalue weighted by Gasteiger charge is 2.10. The highest BCUT2D eigenvalue weighted by atomic mass is 32.2. The van der Waals surface area contributed by atoms with Crippen molar-refractivity contribution in [3.8, 4) is 0 Å². The third kappa shape index (κ3) is 5.51. The van der Waals surface area contributed by atoms with Gasteiger partial charge in [-0.3, -0.25) is 4.72 Å². The van der Waals surface area contributed by atoms with Crippen LogP contribution in [0.5, 0.6) is 0 Å². The van der Waals surface area contributed by atoms with Crippen LogP contribution in [-0.4, -0.2) is 27.3 Å². The molecular formula is C13H22N2O2S. The molecule has 0 aliphatic rings. The highest BCUT2D eigenvalue weighted by molar-refractivity contribution is 7.92.